The Balaban J connectivity index is 2.70. The molecule has 2 N–H and O–H groups in total. The van der Waals surface area contributed by atoms with Gasteiger partial charge in [-0.3, -0.25) is 0 Å². The van der Waals surface area contributed by atoms with Crippen LogP contribution in [-0.4, -0.2) is 22.4 Å². The van der Waals surface area contributed by atoms with Crippen molar-refractivity contribution in [3.8, 4) is 0 Å². The van der Waals surface area contributed by atoms with Crippen LogP contribution in [0.25, 0.3) is 0 Å². The molecule has 3 unspecified atom stereocenters. The van der Waals surface area contributed by atoms with Crippen LogP contribution in [0.5, 0.6) is 0 Å². The highest BCUT2D eigenvalue weighted by atomic mass is 16.3. The third-order valence-electron chi connectivity index (χ3n) is 2.82. The van der Waals surface area contributed by atoms with Crippen LogP contribution in [0.3, 0.4) is 0 Å². The van der Waals surface area contributed by atoms with E-state index < -0.39 is 5.60 Å². The number of hydrogen-bond donors (Lipinski definition) is 2. The lowest BCUT2D eigenvalue weighted by atomic mass is 9.66. The molecule has 0 aromatic rings. The summed E-state index contributed by atoms with van der Waals surface area (Å²) in [6.45, 7) is 6.25. The first-order valence-electron chi connectivity index (χ1n) is 4.70. The Labute approximate surface area is 74.6 Å². The van der Waals surface area contributed by atoms with Crippen LogP contribution in [0.1, 0.15) is 40.0 Å². The molecule has 1 fully saturated rings. The van der Waals surface area contributed by atoms with E-state index in [2.05, 4.69) is 13.8 Å². The fraction of sp³-hybridized carbons (Fsp3) is 1.00. The highest BCUT2D eigenvalue weighted by Crippen LogP contribution is 2.43. The Bertz CT molecular complexity index is 165. The lowest BCUT2D eigenvalue weighted by Crippen LogP contribution is -2.42. The predicted molar refractivity (Wildman–Crippen MR) is 48.8 cm³/mol. The fourth-order valence-corrected chi connectivity index (χ4v) is 2.85. The van der Waals surface area contributed by atoms with Gasteiger partial charge in [-0.25, -0.2) is 0 Å². The van der Waals surface area contributed by atoms with Crippen molar-refractivity contribution >= 4 is 0 Å². The molecule has 3 atom stereocenters. The van der Waals surface area contributed by atoms with E-state index in [0.717, 1.165) is 19.3 Å². The minimum Gasteiger partial charge on any atom is -0.396 e. The van der Waals surface area contributed by atoms with Crippen LogP contribution in [0.2, 0.25) is 0 Å². The van der Waals surface area contributed by atoms with Crippen LogP contribution in [0.15, 0.2) is 0 Å². The highest BCUT2D eigenvalue weighted by molar-refractivity contribution is 4.92. The van der Waals surface area contributed by atoms with E-state index in [1.165, 1.54) is 0 Å². The largest absolute Gasteiger partial charge is 0.396 e. The van der Waals surface area contributed by atoms with Gasteiger partial charge >= 0.3 is 0 Å². The Morgan fingerprint density at radius 1 is 1.33 bits per heavy atom. The van der Waals surface area contributed by atoms with Gasteiger partial charge in [0.15, 0.2) is 0 Å². The molecule has 12 heavy (non-hydrogen) atoms. The van der Waals surface area contributed by atoms with Crippen molar-refractivity contribution < 1.29 is 10.2 Å². The standard InChI is InChI=1S/C10H20O2/c1-8-4-9(2,7-11)6-10(3,12)5-8/h8,11-12H,4-7H2,1-3H3. The maximum absolute atomic E-state index is 9.90. The third-order valence-corrected chi connectivity index (χ3v) is 2.82. The van der Waals surface area contributed by atoms with E-state index in [4.69, 9.17) is 0 Å². The second-order valence-electron chi connectivity index (χ2n) is 5.16. The zero-order valence-electron chi connectivity index (χ0n) is 8.30. The first-order valence-corrected chi connectivity index (χ1v) is 4.70. The van der Waals surface area contributed by atoms with Gasteiger partial charge in [0.2, 0.25) is 0 Å². The third kappa shape index (κ3) is 2.20. The van der Waals surface area contributed by atoms with Crippen molar-refractivity contribution in [3.05, 3.63) is 0 Å². The molecule has 1 rings (SSSR count). The number of hydrogen-bond acceptors (Lipinski definition) is 2. The van der Waals surface area contributed by atoms with Gasteiger partial charge in [-0.1, -0.05) is 13.8 Å². The molecule has 2 nitrogen and oxygen atoms in total. The van der Waals surface area contributed by atoms with Gasteiger partial charge in [-0.05, 0) is 37.5 Å². The zero-order chi connectivity index (χ0) is 9.41. The average molecular weight is 172 g/mol. The molecule has 1 aliphatic rings. The Morgan fingerprint density at radius 2 is 1.92 bits per heavy atom. The Morgan fingerprint density at radius 3 is 2.33 bits per heavy atom. The van der Waals surface area contributed by atoms with E-state index >= 15 is 0 Å². The lowest BCUT2D eigenvalue weighted by Gasteiger charge is -2.43. The van der Waals surface area contributed by atoms with Crippen LogP contribution in [0, 0.1) is 11.3 Å². The number of aliphatic hydroxyl groups is 2. The van der Waals surface area contributed by atoms with Crippen molar-refractivity contribution in [2.24, 2.45) is 11.3 Å². The maximum Gasteiger partial charge on any atom is 0.0628 e. The summed E-state index contributed by atoms with van der Waals surface area (Å²) in [6, 6.07) is 0. The normalized spacial score (nSPS) is 49.2. The summed E-state index contributed by atoms with van der Waals surface area (Å²) in [5.74, 6) is 0.519. The molecular weight excluding hydrogens is 152 g/mol. The minimum atomic E-state index is -0.574. The van der Waals surface area contributed by atoms with E-state index in [9.17, 15) is 10.2 Å². The lowest BCUT2D eigenvalue weighted by molar-refractivity contribution is -0.0668. The number of rotatable bonds is 1. The molecule has 0 bridgehead atoms. The predicted octanol–water partition coefficient (Wildman–Crippen LogP) is 1.56. The van der Waals surface area contributed by atoms with Crippen LogP contribution in [0.4, 0.5) is 0 Å². The molecule has 0 aromatic heterocycles. The van der Waals surface area contributed by atoms with E-state index in [0.29, 0.717) is 5.92 Å². The topological polar surface area (TPSA) is 40.5 Å². The molecular formula is C10H20O2. The average Bonchev–Trinajstić information content (AvgIpc) is 1.82. The summed E-state index contributed by atoms with van der Waals surface area (Å²) in [7, 11) is 0. The van der Waals surface area contributed by atoms with Crippen molar-refractivity contribution in [3.63, 3.8) is 0 Å². The van der Waals surface area contributed by atoms with E-state index in [1.54, 1.807) is 0 Å². The summed E-state index contributed by atoms with van der Waals surface area (Å²) in [5.41, 5.74) is -0.643. The molecule has 72 valence electrons. The zero-order valence-corrected chi connectivity index (χ0v) is 8.30. The van der Waals surface area contributed by atoms with Crippen LogP contribution in [-0.2, 0) is 0 Å². The quantitative estimate of drug-likeness (QED) is 0.630. The first-order chi connectivity index (χ1) is 5.37. The van der Waals surface area contributed by atoms with E-state index in [1.807, 2.05) is 6.92 Å². The molecule has 0 aromatic carbocycles. The van der Waals surface area contributed by atoms with Crippen molar-refractivity contribution in [1.82, 2.24) is 0 Å². The van der Waals surface area contributed by atoms with Gasteiger partial charge in [0.05, 0.1) is 5.60 Å². The van der Waals surface area contributed by atoms with Gasteiger partial charge in [-0.2, -0.15) is 0 Å². The molecule has 0 aliphatic heterocycles. The summed E-state index contributed by atoms with van der Waals surface area (Å²) < 4.78 is 0. The summed E-state index contributed by atoms with van der Waals surface area (Å²) in [6.07, 6.45) is 2.61. The Kier molecular flexibility index (Phi) is 2.50. The SMILES string of the molecule is CC1CC(C)(O)CC(C)(CO)C1. The molecule has 1 aliphatic carbocycles. The summed E-state index contributed by atoms with van der Waals surface area (Å²) in [4.78, 5) is 0. The summed E-state index contributed by atoms with van der Waals surface area (Å²) >= 11 is 0. The van der Waals surface area contributed by atoms with Gasteiger partial charge in [0, 0.05) is 6.61 Å². The molecule has 2 heteroatoms. The van der Waals surface area contributed by atoms with E-state index in [-0.39, 0.29) is 12.0 Å². The highest BCUT2D eigenvalue weighted by Gasteiger charge is 2.40. The molecule has 0 amide bonds. The smallest absolute Gasteiger partial charge is 0.0628 e. The molecule has 1 saturated carbocycles. The first kappa shape index (κ1) is 10.0. The maximum atomic E-state index is 9.90. The minimum absolute atomic E-state index is 0.0683. The summed E-state index contributed by atoms with van der Waals surface area (Å²) in [5, 5.41) is 19.1. The van der Waals surface area contributed by atoms with Crippen molar-refractivity contribution in [2.45, 2.75) is 45.6 Å². The Hall–Kier alpha value is -0.0800. The van der Waals surface area contributed by atoms with Crippen molar-refractivity contribution in [2.75, 3.05) is 6.61 Å². The van der Waals surface area contributed by atoms with Crippen LogP contribution >= 0.6 is 0 Å². The van der Waals surface area contributed by atoms with Crippen molar-refractivity contribution in [1.29, 1.82) is 0 Å². The molecule has 0 spiro atoms. The number of aliphatic hydroxyl groups excluding tert-OH is 1. The monoisotopic (exact) mass is 172 g/mol. The van der Waals surface area contributed by atoms with Gasteiger partial charge in [0.25, 0.3) is 0 Å². The van der Waals surface area contributed by atoms with Gasteiger partial charge < -0.3 is 10.2 Å². The molecule has 0 heterocycles. The second-order valence-corrected chi connectivity index (χ2v) is 5.16. The van der Waals surface area contributed by atoms with Gasteiger partial charge in [0.1, 0.15) is 0 Å². The van der Waals surface area contributed by atoms with Gasteiger partial charge in [-0.15, -0.1) is 0 Å². The second kappa shape index (κ2) is 3.00. The molecule has 0 saturated heterocycles. The fourth-order valence-electron chi connectivity index (χ4n) is 2.85. The van der Waals surface area contributed by atoms with Crippen LogP contribution < -0.4 is 0 Å². The molecule has 0 radical (unpaired) electrons.